The van der Waals surface area contributed by atoms with Crippen molar-refractivity contribution in [2.75, 3.05) is 37.6 Å². The Morgan fingerprint density at radius 3 is 2.36 bits per heavy atom. The van der Waals surface area contributed by atoms with Crippen LogP contribution in [0.2, 0.25) is 0 Å². The number of hydrogen-bond donors (Lipinski definition) is 1. The van der Waals surface area contributed by atoms with Crippen molar-refractivity contribution in [2.24, 2.45) is 5.41 Å². The van der Waals surface area contributed by atoms with Gasteiger partial charge in [0.25, 0.3) is 0 Å². The predicted octanol–water partition coefficient (Wildman–Crippen LogP) is 5.97. The lowest BCUT2D eigenvalue weighted by Crippen LogP contribution is -2.33. The van der Waals surface area contributed by atoms with Gasteiger partial charge in [0.2, 0.25) is 0 Å². The van der Waals surface area contributed by atoms with E-state index in [1.54, 1.807) is 0 Å². The van der Waals surface area contributed by atoms with Crippen LogP contribution in [-0.2, 0) is 11.2 Å². The highest BCUT2D eigenvalue weighted by Crippen LogP contribution is 2.43. The van der Waals surface area contributed by atoms with Gasteiger partial charge in [-0.1, -0.05) is 66.7 Å². The van der Waals surface area contributed by atoms with Crippen LogP contribution in [0.25, 0.3) is 11.1 Å². The monoisotopic (exact) mass is 478 g/mol. The Bertz CT molecular complexity index is 1280. The average Bonchev–Trinajstić information content (AvgIpc) is 3.44. The topological polar surface area (TPSA) is 43.8 Å². The lowest BCUT2D eigenvalue weighted by Gasteiger charge is -2.25. The van der Waals surface area contributed by atoms with Gasteiger partial charge in [0.1, 0.15) is 0 Å². The zero-order valence-electron chi connectivity index (χ0n) is 20.8. The van der Waals surface area contributed by atoms with E-state index < -0.39 is 5.97 Å². The lowest BCUT2D eigenvalue weighted by atomic mass is 9.86. The quantitative estimate of drug-likeness (QED) is 0.491. The molecule has 2 fully saturated rings. The molecular weight excluding hydrogens is 444 g/mol. The van der Waals surface area contributed by atoms with Gasteiger partial charge in [-0.15, -0.1) is 0 Å². The maximum atomic E-state index is 11.2. The molecular formula is C32H34N2O2. The summed E-state index contributed by atoms with van der Waals surface area (Å²) in [6.07, 6.45) is 5.60. The first-order valence-electron chi connectivity index (χ1n) is 13.3. The minimum Gasteiger partial charge on any atom is -0.480 e. The van der Waals surface area contributed by atoms with Crippen LogP contribution in [0.15, 0.2) is 78.9 Å². The number of allylic oxidation sites excluding steroid dienone is 1. The highest BCUT2D eigenvalue weighted by Gasteiger charge is 2.43. The van der Waals surface area contributed by atoms with Gasteiger partial charge < -0.3 is 10.0 Å². The second kappa shape index (κ2) is 9.59. The second-order valence-electron chi connectivity index (χ2n) is 10.8. The van der Waals surface area contributed by atoms with Crippen molar-refractivity contribution >= 4 is 22.8 Å². The average molecular weight is 479 g/mol. The van der Waals surface area contributed by atoms with Crippen molar-refractivity contribution in [2.45, 2.75) is 32.1 Å². The molecule has 4 nitrogen and oxygen atoms in total. The second-order valence-corrected chi connectivity index (χ2v) is 10.8. The van der Waals surface area contributed by atoms with Gasteiger partial charge >= 0.3 is 5.97 Å². The summed E-state index contributed by atoms with van der Waals surface area (Å²) in [6, 6.07) is 29.0. The van der Waals surface area contributed by atoms with E-state index >= 15 is 0 Å². The zero-order valence-corrected chi connectivity index (χ0v) is 20.8. The highest BCUT2D eigenvalue weighted by molar-refractivity contribution is 6.00. The van der Waals surface area contributed by atoms with Gasteiger partial charge in [0, 0.05) is 30.7 Å². The molecule has 1 atom stereocenters. The summed E-state index contributed by atoms with van der Waals surface area (Å²) in [5.74, 6) is -0.721. The third kappa shape index (κ3) is 4.46. The van der Waals surface area contributed by atoms with Crippen LogP contribution < -0.4 is 4.90 Å². The normalized spacial score (nSPS) is 22.2. The van der Waals surface area contributed by atoms with Crippen LogP contribution in [0.5, 0.6) is 0 Å². The van der Waals surface area contributed by atoms with E-state index in [2.05, 4.69) is 88.7 Å². The first-order valence-corrected chi connectivity index (χ1v) is 13.3. The molecule has 0 amide bonds. The smallest absolute Gasteiger partial charge is 0.317 e. The number of carboxylic acids is 1. The third-order valence-corrected chi connectivity index (χ3v) is 8.42. The molecule has 0 saturated carbocycles. The molecule has 0 bridgehead atoms. The first kappa shape index (κ1) is 23.1. The molecule has 184 valence electrons. The number of likely N-dealkylation sites (tertiary alicyclic amines) is 1. The number of rotatable bonds is 5. The van der Waals surface area contributed by atoms with E-state index in [0.717, 1.165) is 58.3 Å². The van der Waals surface area contributed by atoms with Crippen molar-refractivity contribution in [3.05, 3.63) is 101 Å². The number of carbonyl (C=O) groups is 1. The number of benzene rings is 3. The number of nitrogens with zero attached hydrogens (tertiary/aromatic N) is 2. The summed E-state index contributed by atoms with van der Waals surface area (Å²) in [5.41, 5.74) is 9.74. The Kier molecular flexibility index (Phi) is 6.14. The molecule has 36 heavy (non-hydrogen) atoms. The van der Waals surface area contributed by atoms with Gasteiger partial charge in [-0.2, -0.15) is 0 Å². The minimum absolute atomic E-state index is 0.163. The summed E-state index contributed by atoms with van der Waals surface area (Å²) in [7, 11) is 0. The number of anilines is 1. The predicted molar refractivity (Wildman–Crippen MR) is 146 cm³/mol. The van der Waals surface area contributed by atoms with Crippen molar-refractivity contribution in [1.82, 2.24) is 4.90 Å². The van der Waals surface area contributed by atoms with Crippen LogP contribution in [-0.4, -0.2) is 48.7 Å². The molecule has 3 aromatic carbocycles. The molecule has 3 aromatic rings. The van der Waals surface area contributed by atoms with Crippen LogP contribution >= 0.6 is 0 Å². The van der Waals surface area contributed by atoms with Crippen LogP contribution in [0.1, 0.15) is 47.9 Å². The Morgan fingerprint density at radius 2 is 1.56 bits per heavy atom. The van der Waals surface area contributed by atoms with Crippen LogP contribution in [0.4, 0.5) is 5.69 Å². The Morgan fingerprint density at radius 1 is 0.806 bits per heavy atom. The Labute approximate surface area is 213 Å². The molecule has 1 unspecified atom stereocenters. The van der Waals surface area contributed by atoms with E-state index in [9.17, 15) is 9.90 Å². The summed E-state index contributed by atoms with van der Waals surface area (Å²) >= 11 is 0. The fourth-order valence-electron chi connectivity index (χ4n) is 6.66. The van der Waals surface area contributed by atoms with Gasteiger partial charge in [-0.3, -0.25) is 9.69 Å². The highest BCUT2D eigenvalue weighted by atomic mass is 16.4. The third-order valence-electron chi connectivity index (χ3n) is 8.42. The van der Waals surface area contributed by atoms with Crippen molar-refractivity contribution in [1.29, 1.82) is 0 Å². The minimum atomic E-state index is -0.721. The molecule has 0 radical (unpaired) electrons. The molecule has 2 heterocycles. The number of aryl methyl sites for hydroxylation is 1. The first-order chi connectivity index (χ1) is 17.6. The van der Waals surface area contributed by atoms with Crippen molar-refractivity contribution in [3.63, 3.8) is 0 Å². The summed E-state index contributed by atoms with van der Waals surface area (Å²) in [5, 5.41) is 9.18. The number of fused-ring (bicyclic) bond motifs is 1. The number of carboxylic acid groups (broad SMARTS) is 1. The van der Waals surface area contributed by atoms with Gasteiger partial charge in [-0.25, -0.2) is 0 Å². The molecule has 6 rings (SSSR count). The van der Waals surface area contributed by atoms with Crippen molar-refractivity contribution in [3.8, 4) is 0 Å². The summed E-state index contributed by atoms with van der Waals surface area (Å²) in [6.45, 7) is 4.02. The molecule has 2 saturated heterocycles. The van der Waals surface area contributed by atoms with E-state index in [1.165, 1.54) is 39.1 Å². The van der Waals surface area contributed by atoms with Gasteiger partial charge in [0.05, 0.1) is 6.54 Å². The SMILES string of the molecule is O=C(O)CN1CCC2(CCN(c3ccc(C4=C(c5ccccc5)CCCc5ccccc54)cc3)C2)C1. The molecule has 1 N–H and O–H groups in total. The fourth-order valence-corrected chi connectivity index (χ4v) is 6.66. The summed E-state index contributed by atoms with van der Waals surface area (Å²) < 4.78 is 0. The van der Waals surface area contributed by atoms with E-state index in [4.69, 9.17) is 0 Å². The Hall–Kier alpha value is -3.37. The lowest BCUT2D eigenvalue weighted by molar-refractivity contribution is -0.138. The van der Waals surface area contributed by atoms with Gasteiger partial charge in [0.15, 0.2) is 0 Å². The number of hydrogen-bond acceptors (Lipinski definition) is 3. The molecule has 4 heteroatoms. The maximum Gasteiger partial charge on any atom is 0.317 e. The molecule has 0 aromatic heterocycles. The number of aliphatic carboxylic acids is 1. The standard InChI is InChI=1S/C32H34N2O2/c35-30(36)21-33-19-17-32(22-33)18-20-34(23-32)27-15-13-26(14-16-27)31-28-11-5-4-9-25(28)10-6-12-29(31)24-7-2-1-3-8-24/h1-5,7-9,11,13-16H,6,10,12,17-23H2,(H,35,36). The molecule has 1 spiro atoms. The van der Waals surface area contributed by atoms with E-state index in [-0.39, 0.29) is 12.0 Å². The molecule has 1 aliphatic carbocycles. The van der Waals surface area contributed by atoms with Crippen LogP contribution in [0.3, 0.4) is 0 Å². The van der Waals surface area contributed by atoms with Crippen LogP contribution in [0, 0.1) is 5.41 Å². The molecule has 3 aliphatic rings. The van der Waals surface area contributed by atoms with E-state index in [0.29, 0.717) is 0 Å². The largest absolute Gasteiger partial charge is 0.480 e. The molecule has 2 aliphatic heterocycles. The fraction of sp³-hybridized carbons (Fsp3) is 0.344. The van der Waals surface area contributed by atoms with Crippen molar-refractivity contribution < 1.29 is 9.90 Å². The maximum absolute atomic E-state index is 11.2. The zero-order chi connectivity index (χ0) is 24.5. The van der Waals surface area contributed by atoms with E-state index in [1.807, 2.05) is 0 Å². The van der Waals surface area contributed by atoms with Gasteiger partial charge in [-0.05, 0) is 84.2 Å². The Balaban J connectivity index is 1.30. The summed E-state index contributed by atoms with van der Waals surface area (Å²) in [4.78, 5) is 15.8.